The Morgan fingerprint density at radius 1 is 1.10 bits per heavy atom. The van der Waals surface area contributed by atoms with Crippen molar-refractivity contribution in [1.82, 2.24) is 10.2 Å². The number of nitrogens with one attached hydrogen (secondary N) is 1. The van der Waals surface area contributed by atoms with Crippen LogP contribution in [0.4, 0.5) is 0 Å². The van der Waals surface area contributed by atoms with Crippen molar-refractivity contribution in [3.05, 3.63) is 59.2 Å². The number of methoxy groups -OCH3 is 1. The fourth-order valence-corrected chi connectivity index (χ4v) is 8.54. The van der Waals surface area contributed by atoms with Gasteiger partial charge in [-0.2, -0.15) is 11.8 Å². The highest BCUT2D eigenvalue weighted by Crippen LogP contribution is 2.37. The molecule has 1 heterocycles. The summed E-state index contributed by atoms with van der Waals surface area (Å²) in [7, 11) is -1.62. The van der Waals surface area contributed by atoms with Crippen molar-refractivity contribution >= 4 is 33.5 Å². The van der Waals surface area contributed by atoms with Crippen molar-refractivity contribution in [3.63, 3.8) is 0 Å². The van der Waals surface area contributed by atoms with Crippen LogP contribution in [0.25, 0.3) is 11.1 Å². The number of benzene rings is 2. The van der Waals surface area contributed by atoms with Crippen molar-refractivity contribution in [2.45, 2.75) is 81.0 Å². The molecule has 2 aromatic carbocycles. The number of nitrogens with zero attached hydrogens (tertiary/aromatic N) is 1. The van der Waals surface area contributed by atoms with E-state index in [0.717, 1.165) is 53.3 Å². The number of carboxylic acid groups (broad SMARTS) is 1. The highest BCUT2D eigenvalue weighted by atomic mass is 32.2. The molecule has 0 aromatic heterocycles. The van der Waals surface area contributed by atoms with Gasteiger partial charge in [-0.15, -0.1) is 0 Å². The van der Waals surface area contributed by atoms with Crippen molar-refractivity contribution in [3.8, 4) is 11.1 Å². The van der Waals surface area contributed by atoms with Gasteiger partial charge in [0.2, 0.25) is 0 Å². The molecule has 2 aromatic rings. The highest BCUT2D eigenvalue weighted by molar-refractivity contribution is 8.00. The number of aliphatic carboxylic acids is 1. The van der Waals surface area contributed by atoms with E-state index in [1.54, 1.807) is 13.2 Å². The minimum absolute atomic E-state index is 0.201. The van der Waals surface area contributed by atoms with E-state index >= 15 is 0 Å². The zero-order chi connectivity index (χ0) is 30.3. The summed E-state index contributed by atoms with van der Waals surface area (Å²) in [5, 5.41) is 13.6. The first-order valence-corrected chi connectivity index (χ1v) is 17.8. The molecular formula is C32H44N2O6S2. The van der Waals surface area contributed by atoms with Gasteiger partial charge in [0.05, 0.1) is 12.4 Å². The van der Waals surface area contributed by atoms with E-state index in [-0.39, 0.29) is 12.2 Å². The van der Waals surface area contributed by atoms with Crippen LogP contribution in [0.2, 0.25) is 0 Å². The standard InChI is InChI=1S/C32H44N2O6S2/c1-22-9-7-8-12-27(22)29-17-23(13-14-28(29)31(35)33-30(32(36)37)15-16-42(3,38)39)19-34-20-26(18-24(34)21-40-2)41-25-10-5-4-6-11-25/h7-9,12-14,17,24-26,30H,4-6,10-11,15-16,18-21H2,1-3H3,(H,33,35)(H,36,37)/t24-,26-,30-/m0/s1. The number of carboxylic acids is 1. The molecule has 0 spiro atoms. The summed E-state index contributed by atoms with van der Waals surface area (Å²) in [4.78, 5) is 27.8. The predicted molar refractivity (Wildman–Crippen MR) is 169 cm³/mol. The Labute approximate surface area is 254 Å². The average Bonchev–Trinajstić information content (AvgIpc) is 3.31. The molecule has 2 aliphatic rings. The third-order valence-electron chi connectivity index (χ3n) is 8.32. The Kier molecular flexibility index (Phi) is 11.5. The number of hydrogen-bond acceptors (Lipinski definition) is 7. The van der Waals surface area contributed by atoms with Gasteiger partial charge in [-0.25, -0.2) is 13.2 Å². The van der Waals surface area contributed by atoms with Crippen molar-refractivity contribution in [2.24, 2.45) is 0 Å². The first-order chi connectivity index (χ1) is 20.0. The lowest BCUT2D eigenvalue weighted by atomic mass is 9.93. The van der Waals surface area contributed by atoms with E-state index in [1.807, 2.05) is 43.3 Å². The lowest BCUT2D eigenvalue weighted by Crippen LogP contribution is -2.42. The normalized spacial score (nSPS) is 20.8. The van der Waals surface area contributed by atoms with E-state index in [4.69, 9.17) is 4.74 Å². The zero-order valence-corrected chi connectivity index (χ0v) is 26.5. The van der Waals surface area contributed by atoms with E-state index in [2.05, 4.69) is 22.0 Å². The number of rotatable bonds is 13. The minimum Gasteiger partial charge on any atom is -0.480 e. The van der Waals surface area contributed by atoms with Crippen LogP contribution < -0.4 is 5.32 Å². The maximum Gasteiger partial charge on any atom is 0.326 e. The maximum atomic E-state index is 13.5. The Balaban J connectivity index is 1.57. The van der Waals surface area contributed by atoms with Crippen LogP contribution in [-0.4, -0.2) is 85.2 Å². The largest absolute Gasteiger partial charge is 0.480 e. The topological polar surface area (TPSA) is 113 Å². The number of carbonyl (C=O) groups is 2. The fourth-order valence-electron chi connectivity index (χ4n) is 6.11. The van der Waals surface area contributed by atoms with Crippen LogP contribution in [0.5, 0.6) is 0 Å². The molecule has 230 valence electrons. The van der Waals surface area contributed by atoms with Crippen molar-refractivity contribution in [1.29, 1.82) is 0 Å². The maximum absolute atomic E-state index is 13.5. The number of hydrogen-bond donors (Lipinski definition) is 2. The lowest BCUT2D eigenvalue weighted by molar-refractivity contribution is -0.139. The van der Waals surface area contributed by atoms with Crippen LogP contribution in [0.15, 0.2) is 42.5 Å². The number of carbonyl (C=O) groups excluding carboxylic acids is 1. The van der Waals surface area contributed by atoms with Crippen LogP contribution >= 0.6 is 11.8 Å². The van der Waals surface area contributed by atoms with E-state index in [1.165, 1.54) is 32.1 Å². The molecule has 2 fully saturated rings. The van der Waals surface area contributed by atoms with Gasteiger partial charge in [-0.05, 0) is 67.0 Å². The number of likely N-dealkylation sites (tertiary alicyclic amines) is 1. The van der Waals surface area contributed by atoms with Crippen molar-refractivity contribution in [2.75, 3.05) is 32.3 Å². The van der Waals surface area contributed by atoms with E-state index < -0.39 is 27.8 Å². The monoisotopic (exact) mass is 616 g/mol. The smallest absolute Gasteiger partial charge is 0.326 e. The molecule has 2 N–H and O–H groups in total. The molecule has 0 unspecified atom stereocenters. The average molecular weight is 617 g/mol. The summed E-state index contributed by atoms with van der Waals surface area (Å²) in [6, 6.07) is 12.6. The first-order valence-electron chi connectivity index (χ1n) is 14.8. The van der Waals surface area contributed by atoms with Crippen LogP contribution in [-0.2, 0) is 25.9 Å². The van der Waals surface area contributed by atoms with Gasteiger partial charge in [-0.1, -0.05) is 49.6 Å². The van der Waals surface area contributed by atoms with Gasteiger partial charge in [0.1, 0.15) is 15.9 Å². The Morgan fingerprint density at radius 3 is 2.50 bits per heavy atom. The van der Waals surface area contributed by atoms with Gasteiger partial charge in [0, 0.05) is 48.6 Å². The van der Waals surface area contributed by atoms with Crippen molar-refractivity contribution < 1.29 is 27.9 Å². The first kappa shape index (κ1) is 32.5. The quantitative estimate of drug-likeness (QED) is 0.326. The summed E-state index contributed by atoms with van der Waals surface area (Å²) in [5.41, 5.74) is 4.05. The number of aryl methyl sites for hydroxylation is 1. The molecule has 10 heteroatoms. The summed E-state index contributed by atoms with van der Waals surface area (Å²) in [5.74, 6) is -2.13. The second-order valence-corrected chi connectivity index (χ2v) is 15.6. The Hall–Kier alpha value is -2.40. The van der Waals surface area contributed by atoms with Gasteiger partial charge in [0.25, 0.3) is 5.91 Å². The van der Waals surface area contributed by atoms with Gasteiger partial charge in [0.15, 0.2) is 0 Å². The molecule has 0 bridgehead atoms. The van der Waals surface area contributed by atoms with Crippen LogP contribution in [0.1, 0.15) is 66.4 Å². The molecule has 1 saturated carbocycles. The highest BCUT2D eigenvalue weighted by Gasteiger charge is 2.34. The second-order valence-electron chi connectivity index (χ2n) is 11.8. The third-order valence-corrected chi connectivity index (χ3v) is 10.9. The summed E-state index contributed by atoms with van der Waals surface area (Å²) < 4.78 is 28.9. The number of amides is 1. The molecular weight excluding hydrogens is 572 g/mol. The van der Waals surface area contributed by atoms with Gasteiger partial charge < -0.3 is 15.2 Å². The van der Waals surface area contributed by atoms with E-state index in [9.17, 15) is 23.1 Å². The zero-order valence-electron chi connectivity index (χ0n) is 24.9. The second kappa shape index (κ2) is 14.9. The lowest BCUT2D eigenvalue weighted by Gasteiger charge is -2.25. The van der Waals surface area contributed by atoms with Gasteiger partial charge >= 0.3 is 5.97 Å². The summed E-state index contributed by atoms with van der Waals surface area (Å²) >= 11 is 2.16. The molecule has 1 aliphatic heterocycles. The fraction of sp³-hybridized carbons (Fsp3) is 0.562. The van der Waals surface area contributed by atoms with Crippen LogP contribution in [0, 0.1) is 6.92 Å². The number of ether oxygens (including phenoxy) is 1. The molecule has 4 rings (SSSR count). The minimum atomic E-state index is -3.38. The third kappa shape index (κ3) is 9.05. The molecule has 0 radical (unpaired) electrons. The van der Waals surface area contributed by atoms with Crippen LogP contribution in [0.3, 0.4) is 0 Å². The van der Waals surface area contributed by atoms with E-state index in [0.29, 0.717) is 23.5 Å². The summed E-state index contributed by atoms with van der Waals surface area (Å²) in [6.45, 7) is 4.38. The molecule has 3 atom stereocenters. The molecule has 42 heavy (non-hydrogen) atoms. The SMILES string of the molecule is COC[C@@H]1C[C@H](SC2CCCCC2)CN1Cc1ccc(C(=O)N[C@@H](CCS(C)(=O)=O)C(=O)O)c(-c2ccccc2C)c1. The Morgan fingerprint density at radius 2 is 1.83 bits per heavy atom. The summed E-state index contributed by atoms with van der Waals surface area (Å²) in [6.07, 6.45) is 8.61. The number of sulfone groups is 1. The molecule has 1 aliphatic carbocycles. The molecule has 1 saturated heterocycles. The Bertz CT molecular complexity index is 1340. The predicted octanol–water partition coefficient (Wildman–Crippen LogP) is 4.93. The molecule has 8 nitrogen and oxygen atoms in total. The number of thioether (sulfide) groups is 1. The van der Waals surface area contributed by atoms with Gasteiger partial charge in [-0.3, -0.25) is 9.69 Å². The molecule has 1 amide bonds.